The van der Waals surface area contributed by atoms with Crippen LogP contribution in [0.5, 0.6) is 0 Å². The molecule has 1 heterocycles. The molecular weight excluding hydrogens is 447 g/mol. The zero-order chi connectivity index (χ0) is 24.9. The summed E-state index contributed by atoms with van der Waals surface area (Å²) in [7, 11) is 0. The molecule has 0 fully saturated rings. The van der Waals surface area contributed by atoms with Crippen LogP contribution in [0.15, 0.2) is 59.7 Å². The van der Waals surface area contributed by atoms with Gasteiger partial charge in [-0.1, -0.05) is 18.2 Å². The molecule has 2 aromatic carbocycles. The summed E-state index contributed by atoms with van der Waals surface area (Å²) < 4.78 is 45.5. The van der Waals surface area contributed by atoms with Crippen LogP contribution in [0, 0.1) is 13.8 Å². The second kappa shape index (κ2) is 10.4. The molecule has 3 rings (SSSR count). The van der Waals surface area contributed by atoms with Crippen molar-refractivity contribution in [3.8, 4) is 5.69 Å². The maximum atomic E-state index is 12.8. The van der Waals surface area contributed by atoms with Crippen LogP contribution in [-0.4, -0.2) is 29.3 Å². The van der Waals surface area contributed by atoms with E-state index in [2.05, 4.69) is 10.5 Å². The van der Waals surface area contributed by atoms with E-state index in [0.29, 0.717) is 12.2 Å². The number of aromatic nitrogens is 1. The normalized spacial score (nSPS) is 11.6. The number of hydrogen-bond acceptors (Lipinski definition) is 4. The first kappa shape index (κ1) is 24.8. The summed E-state index contributed by atoms with van der Waals surface area (Å²) in [5.41, 5.74) is 5.62. The molecule has 9 heteroatoms. The molecule has 1 amide bonds. The Labute approximate surface area is 195 Å². The average molecular weight is 471 g/mol. The number of ether oxygens (including phenoxy) is 1. The third-order valence-electron chi connectivity index (χ3n) is 5.12. The number of benzene rings is 2. The molecule has 0 radical (unpaired) electrons. The van der Waals surface area contributed by atoms with Gasteiger partial charge in [-0.2, -0.15) is 18.3 Å². The van der Waals surface area contributed by atoms with E-state index in [9.17, 15) is 22.8 Å². The lowest BCUT2D eigenvalue weighted by Crippen LogP contribution is -2.20. The Balaban J connectivity index is 1.68. The van der Waals surface area contributed by atoms with Gasteiger partial charge >= 0.3 is 12.1 Å². The number of esters is 1. The minimum absolute atomic E-state index is 0.229. The van der Waals surface area contributed by atoms with Crippen molar-refractivity contribution in [1.82, 2.24) is 9.99 Å². The number of alkyl halides is 3. The molecule has 6 nitrogen and oxygen atoms in total. The fraction of sp³-hybridized carbons (Fsp3) is 0.240. The standard InChI is InChI=1S/C25H24F3N3O3/c1-4-34-24(33)19-8-10-22(11-9-19)31-16(2)12-20(17(31)3)15-29-30-23(32)14-18-6-5-7-21(13-18)25(26,27)28/h5-13,15H,4,14H2,1-3H3,(H,30,32)/b29-15+. The van der Waals surface area contributed by atoms with Crippen molar-refractivity contribution >= 4 is 18.1 Å². The summed E-state index contributed by atoms with van der Waals surface area (Å²) in [4.78, 5) is 24.0. The maximum absolute atomic E-state index is 12.8. The Morgan fingerprint density at radius 3 is 2.44 bits per heavy atom. The van der Waals surface area contributed by atoms with E-state index in [1.54, 1.807) is 19.1 Å². The first-order valence-corrected chi connectivity index (χ1v) is 10.5. The summed E-state index contributed by atoms with van der Waals surface area (Å²) in [5, 5.41) is 3.95. The molecular formula is C25H24F3N3O3. The van der Waals surface area contributed by atoms with Gasteiger partial charge in [0.25, 0.3) is 0 Å². The van der Waals surface area contributed by atoms with Gasteiger partial charge in [0.05, 0.1) is 30.4 Å². The molecule has 3 aromatic rings. The summed E-state index contributed by atoms with van der Waals surface area (Å²) in [5.74, 6) is -0.914. The second-order valence-corrected chi connectivity index (χ2v) is 7.60. The van der Waals surface area contributed by atoms with E-state index in [0.717, 1.165) is 34.8 Å². The van der Waals surface area contributed by atoms with Gasteiger partial charge < -0.3 is 9.30 Å². The number of halogens is 3. The lowest BCUT2D eigenvalue weighted by molar-refractivity contribution is -0.137. The second-order valence-electron chi connectivity index (χ2n) is 7.60. The Bertz CT molecular complexity index is 1210. The van der Waals surface area contributed by atoms with Crippen molar-refractivity contribution in [3.05, 3.63) is 88.2 Å². The zero-order valence-corrected chi connectivity index (χ0v) is 18.9. The molecule has 0 saturated heterocycles. The Hall–Kier alpha value is -3.88. The number of hydrazone groups is 1. The van der Waals surface area contributed by atoms with Gasteiger partial charge in [0.15, 0.2) is 0 Å². The first-order valence-electron chi connectivity index (χ1n) is 10.5. The Kier molecular flexibility index (Phi) is 7.55. The van der Waals surface area contributed by atoms with Gasteiger partial charge in [0.2, 0.25) is 5.91 Å². The fourth-order valence-electron chi connectivity index (χ4n) is 3.53. The zero-order valence-electron chi connectivity index (χ0n) is 18.9. The number of amides is 1. The molecule has 0 atom stereocenters. The van der Waals surface area contributed by atoms with E-state index in [4.69, 9.17) is 4.74 Å². The van der Waals surface area contributed by atoms with Crippen LogP contribution in [0.2, 0.25) is 0 Å². The predicted octanol–water partition coefficient (Wildman–Crippen LogP) is 4.98. The monoisotopic (exact) mass is 471 g/mol. The predicted molar refractivity (Wildman–Crippen MR) is 122 cm³/mol. The van der Waals surface area contributed by atoms with Crippen molar-refractivity contribution in [2.45, 2.75) is 33.4 Å². The molecule has 1 N–H and O–H groups in total. The molecule has 1 aromatic heterocycles. The largest absolute Gasteiger partial charge is 0.462 e. The van der Waals surface area contributed by atoms with E-state index in [1.165, 1.54) is 18.3 Å². The van der Waals surface area contributed by atoms with Crippen LogP contribution >= 0.6 is 0 Å². The Morgan fingerprint density at radius 2 is 1.79 bits per heavy atom. The molecule has 178 valence electrons. The number of hydrogen-bond donors (Lipinski definition) is 1. The van der Waals surface area contributed by atoms with Gasteiger partial charge in [-0.05, 0) is 62.7 Å². The van der Waals surface area contributed by atoms with Gasteiger partial charge in [-0.15, -0.1) is 0 Å². The highest BCUT2D eigenvalue weighted by Gasteiger charge is 2.30. The summed E-state index contributed by atoms with van der Waals surface area (Å²) in [6.07, 6.45) is -3.21. The number of nitrogens with zero attached hydrogens (tertiary/aromatic N) is 2. The molecule has 34 heavy (non-hydrogen) atoms. The number of nitrogens with one attached hydrogen (secondary N) is 1. The molecule has 0 aliphatic rings. The number of carbonyl (C=O) groups is 2. The number of carbonyl (C=O) groups excluding carboxylic acids is 2. The van der Waals surface area contributed by atoms with Crippen LogP contribution in [0.4, 0.5) is 13.2 Å². The molecule has 0 aliphatic heterocycles. The average Bonchev–Trinajstić information content (AvgIpc) is 3.06. The third-order valence-corrected chi connectivity index (χ3v) is 5.12. The van der Waals surface area contributed by atoms with E-state index >= 15 is 0 Å². The lowest BCUT2D eigenvalue weighted by Gasteiger charge is -2.10. The van der Waals surface area contributed by atoms with Crippen molar-refractivity contribution in [1.29, 1.82) is 0 Å². The minimum Gasteiger partial charge on any atom is -0.462 e. The third kappa shape index (κ3) is 5.92. The van der Waals surface area contributed by atoms with Crippen molar-refractivity contribution in [2.24, 2.45) is 5.10 Å². The summed E-state index contributed by atoms with van der Waals surface area (Å²) in [6, 6.07) is 13.5. The molecule has 0 saturated carbocycles. The van der Waals surface area contributed by atoms with Crippen LogP contribution in [0.3, 0.4) is 0 Å². The fourth-order valence-corrected chi connectivity index (χ4v) is 3.53. The van der Waals surface area contributed by atoms with Crippen LogP contribution < -0.4 is 5.43 Å². The molecule has 0 unspecified atom stereocenters. The van der Waals surface area contributed by atoms with Gasteiger partial charge in [-0.3, -0.25) is 4.79 Å². The van der Waals surface area contributed by atoms with Crippen LogP contribution in [0.1, 0.15) is 45.4 Å². The highest BCUT2D eigenvalue weighted by Crippen LogP contribution is 2.29. The molecule has 0 bridgehead atoms. The molecule has 0 aliphatic carbocycles. The molecule has 0 spiro atoms. The first-order chi connectivity index (χ1) is 16.1. The highest BCUT2D eigenvalue weighted by molar-refractivity contribution is 5.89. The van der Waals surface area contributed by atoms with E-state index in [-0.39, 0.29) is 18.0 Å². The maximum Gasteiger partial charge on any atom is 0.416 e. The van der Waals surface area contributed by atoms with Crippen molar-refractivity contribution in [3.63, 3.8) is 0 Å². The summed E-state index contributed by atoms with van der Waals surface area (Å²) >= 11 is 0. The topological polar surface area (TPSA) is 72.7 Å². The smallest absolute Gasteiger partial charge is 0.416 e. The van der Waals surface area contributed by atoms with Crippen molar-refractivity contribution < 1.29 is 27.5 Å². The lowest BCUT2D eigenvalue weighted by atomic mass is 10.1. The highest BCUT2D eigenvalue weighted by atomic mass is 19.4. The Morgan fingerprint density at radius 1 is 1.09 bits per heavy atom. The minimum atomic E-state index is -4.47. The van der Waals surface area contributed by atoms with Gasteiger partial charge in [0, 0.05) is 22.6 Å². The quantitative estimate of drug-likeness (QED) is 0.300. The number of rotatable bonds is 7. The number of aryl methyl sites for hydroxylation is 1. The van der Waals surface area contributed by atoms with Crippen molar-refractivity contribution in [2.75, 3.05) is 6.61 Å². The van der Waals surface area contributed by atoms with E-state index < -0.39 is 17.6 Å². The van der Waals surface area contributed by atoms with E-state index in [1.807, 2.05) is 36.6 Å². The summed E-state index contributed by atoms with van der Waals surface area (Å²) in [6.45, 7) is 5.85. The SMILES string of the molecule is CCOC(=O)c1ccc(-n2c(C)cc(/C=N/NC(=O)Cc3cccc(C(F)(F)F)c3)c2C)cc1. The van der Waals surface area contributed by atoms with Gasteiger partial charge in [0.1, 0.15) is 0 Å². The van der Waals surface area contributed by atoms with Gasteiger partial charge in [-0.25, -0.2) is 10.2 Å². The van der Waals surface area contributed by atoms with Crippen LogP contribution in [-0.2, 0) is 22.1 Å². The van der Waals surface area contributed by atoms with Crippen LogP contribution in [0.25, 0.3) is 5.69 Å².